The summed E-state index contributed by atoms with van der Waals surface area (Å²) in [4.78, 5) is 2.73. The van der Waals surface area contributed by atoms with Crippen molar-refractivity contribution in [3.05, 3.63) is 23.3 Å². The van der Waals surface area contributed by atoms with Crippen LogP contribution in [-0.4, -0.2) is 49.8 Å². The summed E-state index contributed by atoms with van der Waals surface area (Å²) in [6.45, 7) is 6.94. The number of nitrogens with zero attached hydrogens (tertiary/aromatic N) is 2. The second-order valence-corrected chi connectivity index (χ2v) is 8.09. The first-order valence-electron chi connectivity index (χ1n) is 7.50. The molecule has 116 valence electrons. The molecular weight excluding hydrogens is 286 g/mol. The van der Waals surface area contributed by atoms with Gasteiger partial charge in [-0.05, 0) is 56.5 Å². The largest absolute Gasteiger partial charge is 0.398 e. The van der Waals surface area contributed by atoms with Crippen LogP contribution in [0.1, 0.15) is 24.0 Å². The van der Waals surface area contributed by atoms with Gasteiger partial charge in [-0.3, -0.25) is 4.90 Å². The first-order chi connectivity index (χ1) is 9.89. The van der Waals surface area contributed by atoms with Gasteiger partial charge in [0.15, 0.2) is 0 Å². The summed E-state index contributed by atoms with van der Waals surface area (Å²) in [6.07, 6.45) is 2.27. The number of nitrogens with two attached hydrogens (primary N) is 1. The quantitative estimate of drug-likeness (QED) is 0.838. The Morgan fingerprint density at radius 2 is 1.95 bits per heavy atom. The minimum absolute atomic E-state index is 0.328. The van der Waals surface area contributed by atoms with Gasteiger partial charge >= 0.3 is 0 Å². The van der Waals surface area contributed by atoms with Crippen LogP contribution in [0.5, 0.6) is 0 Å². The lowest BCUT2D eigenvalue weighted by Gasteiger charge is -2.36. The summed E-state index contributed by atoms with van der Waals surface area (Å²) < 4.78 is 27.3. The minimum atomic E-state index is -3.44. The molecule has 2 heterocycles. The van der Waals surface area contributed by atoms with Crippen molar-refractivity contribution < 1.29 is 8.42 Å². The number of rotatable bonds is 2. The van der Waals surface area contributed by atoms with Crippen LogP contribution < -0.4 is 5.73 Å². The van der Waals surface area contributed by atoms with Crippen molar-refractivity contribution in [2.45, 2.75) is 37.6 Å². The van der Waals surface area contributed by atoms with Crippen LogP contribution in [0, 0.1) is 13.8 Å². The highest BCUT2D eigenvalue weighted by Gasteiger charge is 2.36. The Balaban J connectivity index is 1.90. The third-order valence-corrected chi connectivity index (χ3v) is 6.71. The molecule has 0 saturated carbocycles. The van der Waals surface area contributed by atoms with Crippen molar-refractivity contribution in [2.75, 3.05) is 31.9 Å². The Labute approximate surface area is 126 Å². The number of benzene rings is 1. The topological polar surface area (TPSA) is 66.6 Å². The molecule has 5 nitrogen and oxygen atoms in total. The lowest BCUT2D eigenvalue weighted by molar-refractivity contribution is 0.158. The van der Waals surface area contributed by atoms with Crippen LogP contribution in [0.15, 0.2) is 17.0 Å². The third-order valence-electron chi connectivity index (χ3n) is 4.87. The SMILES string of the molecule is Cc1cc(S(=O)(=O)N2CCN3CCCC3C2)cc(N)c1C. The molecular formula is C15H23N3O2S. The van der Waals surface area contributed by atoms with E-state index in [1.807, 2.05) is 13.8 Å². The predicted octanol–water partition coefficient (Wildman–Crippen LogP) is 1.35. The maximum absolute atomic E-state index is 12.8. The fourth-order valence-corrected chi connectivity index (χ4v) is 4.92. The first-order valence-corrected chi connectivity index (χ1v) is 8.94. The summed E-state index contributed by atoms with van der Waals surface area (Å²) in [5.41, 5.74) is 8.37. The van der Waals surface area contributed by atoms with Gasteiger partial charge in [-0.2, -0.15) is 4.31 Å². The molecule has 0 aliphatic carbocycles. The van der Waals surface area contributed by atoms with Gasteiger partial charge in [0.25, 0.3) is 0 Å². The van der Waals surface area contributed by atoms with E-state index in [2.05, 4.69) is 4.90 Å². The van der Waals surface area contributed by atoms with Crippen LogP contribution in [0.2, 0.25) is 0 Å². The maximum atomic E-state index is 12.8. The molecule has 6 heteroatoms. The number of aryl methyl sites for hydroxylation is 1. The molecule has 0 aromatic heterocycles. The summed E-state index contributed by atoms with van der Waals surface area (Å²) in [5.74, 6) is 0. The average molecular weight is 309 g/mol. The Kier molecular flexibility index (Phi) is 3.71. The zero-order valence-electron chi connectivity index (χ0n) is 12.7. The van der Waals surface area contributed by atoms with Gasteiger partial charge in [-0.1, -0.05) is 0 Å². The number of anilines is 1. The standard InChI is InChI=1S/C15H23N3O2S/c1-11-8-14(9-15(16)12(11)2)21(19,20)18-7-6-17-5-3-4-13(17)10-18/h8-9,13H,3-7,10,16H2,1-2H3. The van der Waals surface area contributed by atoms with E-state index in [0.29, 0.717) is 29.7 Å². The third kappa shape index (κ3) is 2.56. The molecule has 0 radical (unpaired) electrons. The Morgan fingerprint density at radius 1 is 1.19 bits per heavy atom. The number of hydrogen-bond acceptors (Lipinski definition) is 4. The normalized spacial score (nSPS) is 24.2. The highest BCUT2D eigenvalue weighted by atomic mass is 32.2. The van der Waals surface area contributed by atoms with E-state index in [4.69, 9.17) is 5.73 Å². The van der Waals surface area contributed by atoms with E-state index in [0.717, 1.165) is 30.6 Å². The second kappa shape index (κ2) is 5.26. The van der Waals surface area contributed by atoms with E-state index in [1.165, 1.54) is 6.42 Å². The van der Waals surface area contributed by atoms with Crippen LogP contribution in [-0.2, 0) is 10.0 Å². The highest BCUT2D eigenvalue weighted by Crippen LogP contribution is 2.28. The van der Waals surface area contributed by atoms with Gasteiger partial charge in [0, 0.05) is 31.4 Å². The number of nitrogen functional groups attached to an aromatic ring is 1. The Morgan fingerprint density at radius 3 is 2.67 bits per heavy atom. The zero-order valence-corrected chi connectivity index (χ0v) is 13.5. The van der Waals surface area contributed by atoms with Crippen molar-refractivity contribution >= 4 is 15.7 Å². The fourth-order valence-electron chi connectivity index (χ4n) is 3.33. The molecule has 2 saturated heterocycles. The first kappa shape index (κ1) is 14.8. The maximum Gasteiger partial charge on any atom is 0.243 e. The summed E-state index contributed by atoms with van der Waals surface area (Å²) >= 11 is 0. The monoisotopic (exact) mass is 309 g/mol. The van der Waals surface area contributed by atoms with Gasteiger partial charge < -0.3 is 5.73 Å². The van der Waals surface area contributed by atoms with Gasteiger partial charge in [0.2, 0.25) is 10.0 Å². The van der Waals surface area contributed by atoms with Crippen LogP contribution >= 0.6 is 0 Å². The van der Waals surface area contributed by atoms with Crippen LogP contribution in [0.3, 0.4) is 0 Å². The molecule has 1 unspecified atom stereocenters. The van der Waals surface area contributed by atoms with Gasteiger partial charge in [-0.25, -0.2) is 8.42 Å². The molecule has 2 aliphatic heterocycles. The van der Waals surface area contributed by atoms with Crippen molar-refractivity contribution in [1.82, 2.24) is 9.21 Å². The number of hydrogen-bond donors (Lipinski definition) is 1. The molecule has 1 aromatic carbocycles. The lowest BCUT2D eigenvalue weighted by Crippen LogP contribution is -2.51. The summed E-state index contributed by atoms with van der Waals surface area (Å²) in [7, 11) is -3.44. The van der Waals surface area contributed by atoms with E-state index >= 15 is 0 Å². The van der Waals surface area contributed by atoms with Crippen LogP contribution in [0.4, 0.5) is 5.69 Å². The number of fused-ring (bicyclic) bond motifs is 1. The van der Waals surface area contributed by atoms with E-state index in [9.17, 15) is 8.42 Å². The molecule has 1 aromatic rings. The molecule has 2 N–H and O–H groups in total. The van der Waals surface area contributed by atoms with Gasteiger partial charge in [0.05, 0.1) is 4.90 Å². The van der Waals surface area contributed by atoms with E-state index in [-0.39, 0.29) is 0 Å². The Bertz CT molecular complexity index is 634. The minimum Gasteiger partial charge on any atom is -0.398 e. The number of piperazine rings is 1. The highest BCUT2D eigenvalue weighted by molar-refractivity contribution is 7.89. The van der Waals surface area contributed by atoms with Gasteiger partial charge in [0.1, 0.15) is 0 Å². The van der Waals surface area contributed by atoms with Crippen molar-refractivity contribution in [1.29, 1.82) is 0 Å². The van der Waals surface area contributed by atoms with E-state index in [1.54, 1.807) is 16.4 Å². The van der Waals surface area contributed by atoms with Gasteiger partial charge in [-0.15, -0.1) is 0 Å². The zero-order chi connectivity index (χ0) is 15.2. The summed E-state index contributed by atoms with van der Waals surface area (Å²) in [6, 6.07) is 3.72. The smallest absolute Gasteiger partial charge is 0.243 e. The van der Waals surface area contributed by atoms with Crippen molar-refractivity contribution in [2.24, 2.45) is 0 Å². The molecule has 0 amide bonds. The molecule has 0 spiro atoms. The fraction of sp³-hybridized carbons (Fsp3) is 0.600. The van der Waals surface area contributed by atoms with Crippen molar-refractivity contribution in [3.8, 4) is 0 Å². The molecule has 21 heavy (non-hydrogen) atoms. The summed E-state index contributed by atoms with van der Waals surface area (Å²) in [5, 5.41) is 0. The number of sulfonamides is 1. The van der Waals surface area contributed by atoms with Crippen molar-refractivity contribution in [3.63, 3.8) is 0 Å². The molecule has 0 bridgehead atoms. The molecule has 1 atom stereocenters. The second-order valence-electron chi connectivity index (χ2n) is 6.15. The molecule has 2 fully saturated rings. The molecule has 3 rings (SSSR count). The molecule has 2 aliphatic rings. The predicted molar refractivity (Wildman–Crippen MR) is 83.7 cm³/mol. The average Bonchev–Trinajstić information content (AvgIpc) is 2.91. The van der Waals surface area contributed by atoms with E-state index < -0.39 is 10.0 Å². The lowest BCUT2D eigenvalue weighted by atomic mass is 10.1. The Hall–Kier alpha value is -1.11. The van der Waals surface area contributed by atoms with Crippen LogP contribution in [0.25, 0.3) is 0 Å².